The van der Waals surface area contributed by atoms with Gasteiger partial charge in [-0.05, 0) is 43.3 Å². The van der Waals surface area contributed by atoms with Crippen molar-refractivity contribution in [1.82, 2.24) is 0 Å². The molecule has 0 saturated carbocycles. The molecule has 2 aromatic rings. The highest BCUT2D eigenvalue weighted by Crippen LogP contribution is 2.20. The number of benzene rings is 2. The molecule has 0 N–H and O–H groups in total. The third kappa shape index (κ3) is 3.84. The fourth-order valence-corrected chi connectivity index (χ4v) is 5.10. The van der Waals surface area contributed by atoms with Gasteiger partial charge in [0.25, 0.3) is 10.0 Å². The van der Waals surface area contributed by atoms with E-state index in [0.29, 0.717) is 9.92 Å². The molecule has 7 heteroatoms. The third-order valence-corrected chi connectivity index (χ3v) is 7.00. The summed E-state index contributed by atoms with van der Waals surface area (Å²) in [7, 11) is -7.04. The molecule has 0 saturated heterocycles. The molecule has 0 aliphatic rings. The van der Waals surface area contributed by atoms with Crippen LogP contribution in [-0.2, 0) is 19.8 Å². The molecule has 0 heterocycles. The number of sulfonamides is 1. The monoisotopic (exact) mass is 343 g/mol. The second-order valence-corrected chi connectivity index (χ2v) is 9.15. The van der Waals surface area contributed by atoms with Crippen LogP contribution in [0.4, 0.5) is 0 Å². The van der Waals surface area contributed by atoms with Crippen molar-refractivity contribution in [2.75, 3.05) is 6.26 Å². The Morgan fingerprint density at radius 3 is 1.86 bits per heavy atom. The van der Waals surface area contributed by atoms with Crippen molar-refractivity contribution in [3.63, 3.8) is 0 Å². The standard InChI is InChI=1S/C14H14ClNO3S2/c1-11-3-7-14(8-4-11)21(18,19)16-20(2,17)13-9-5-12(15)6-10-13/h3-10H,1-2H3. The topological polar surface area (TPSA) is 63.6 Å². The van der Waals surface area contributed by atoms with Crippen LogP contribution in [0.15, 0.2) is 62.1 Å². The minimum absolute atomic E-state index is 0.0247. The van der Waals surface area contributed by atoms with Crippen molar-refractivity contribution in [2.45, 2.75) is 16.7 Å². The maximum atomic E-state index is 12.6. The van der Waals surface area contributed by atoms with Crippen LogP contribution >= 0.6 is 11.6 Å². The normalized spacial score (nSPS) is 14.4. The molecule has 0 aromatic heterocycles. The Hall–Kier alpha value is -1.37. The van der Waals surface area contributed by atoms with E-state index in [9.17, 15) is 12.6 Å². The first kappa shape index (κ1) is 16.0. The van der Waals surface area contributed by atoms with Crippen LogP contribution in [0.3, 0.4) is 0 Å². The zero-order valence-corrected chi connectivity index (χ0v) is 13.9. The summed E-state index contributed by atoms with van der Waals surface area (Å²) in [6, 6.07) is 12.4. The highest BCUT2D eigenvalue weighted by atomic mass is 35.5. The van der Waals surface area contributed by atoms with Gasteiger partial charge in [0.15, 0.2) is 0 Å². The molecule has 1 atom stereocenters. The van der Waals surface area contributed by atoms with Crippen molar-refractivity contribution in [2.24, 2.45) is 3.77 Å². The molecule has 0 amide bonds. The second-order valence-electron chi connectivity index (χ2n) is 4.62. The molecule has 0 radical (unpaired) electrons. The van der Waals surface area contributed by atoms with Gasteiger partial charge in [-0.15, -0.1) is 3.77 Å². The zero-order valence-electron chi connectivity index (χ0n) is 11.5. The third-order valence-electron chi connectivity index (χ3n) is 2.81. The lowest BCUT2D eigenvalue weighted by Gasteiger charge is -2.05. The molecule has 0 spiro atoms. The molecule has 1 unspecified atom stereocenters. The van der Waals surface area contributed by atoms with Gasteiger partial charge in [0, 0.05) is 16.2 Å². The van der Waals surface area contributed by atoms with E-state index in [4.69, 9.17) is 11.6 Å². The number of rotatable bonds is 3. The summed E-state index contributed by atoms with van der Waals surface area (Å²) in [5.74, 6) is 0. The average Bonchev–Trinajstić information content (AvgIpc) is 2.38. The lowest BCUT2D eigenvalue weighted by molar-refractivity contribution is 0.598. The van der Waals surface area contributed by atoms with E-state index in [-0.39, 0.29) is 4.90 Å². The van der Waals surface area contributed by atoms with Crippen LogP contribution in [0.2, 0.25) is 5.02 Å². The molecular formula is C14H14ClNO3S2. The van der Waals surface area contributed by atoms with Gasteiger partial charge in [0.2, 0.25) is 0 Å². The van der Waals surface area contributed by atoms with Gasteiger partial charge in [-0.2, -0.15) is 8.42 Å². The Bertz CT molecular complexity index is 863. The van der Waals surface area contributed by atoms with Crippen molar-refractivity contribution in [3.05, 3.63) is 59.1 Å². The first-order chi connectivity index (χ1) is 9.71. The molecule has 21 heavy (non-hydrogen) atoms. The summed E-state index contributed by atoms with van der Waals surface area (Å²) in [4.78, 5) is 0.347. The quantitative estimate of drug-likeness (QED) is 0.856. The van der Waals surface area contributed by atoms with Crippen LogP contribution in [0.1, 0.15) is 5.56 Å². The summed E-state index contributed by atoms with van der Waals surface area (Å²) in [6.45, 7) is 1.85. The molecule has 112 valence electrons. The smallest absolute Gasteiger partial charge is 0.244 e. The van der Waals surface area contributed by atoms with E-state index in [2.05, 4.69) is 3.77 Å². The van der Waals surface area contributed by atoms with Gasteiger partial charge < -0.3 is 0 Å². The highest BCUT2D eigenvalue weighted by Gasteiger charge is 2.17. The zero-order chi connectivity index (χ0) is 15.7. The second kappa shape index (κ2) is 5.79. The summed E-state index contributed by atoms with van der Waals surface area (Å²) in [5.41, 5.74) is 0.934. The highest BCUT2D eigenvalue weighted by molar-refractivity contribution is 8.03. The summed E-state index contributed by atoms with van der Waals surface area (Å²) < 4.78 is 40.6. The summed E-state index contributed by atoms with van der Waals surface area (Å²) in [6.07, 6.45) is 1.29. The number of aryl methyl sites for hydroxylation is 1. The molecular weight excluding hydrogens is 330 g/mol. The van der Waals surface area contributed by atoms with Crippen molar-refractivity contribution in [1.29, 1.82) is 0 Å². The maximum absolute atomic E-state index is 12.6. The van der Waals surface area contributed by atoms with Gasteiger partial charge >= 0.3 is 0 Å². The Balaban J connectivity index is 2.52. The Morgan fingerprint density at radius 1 is 0.857 bits per heavy atom. The first-order valence-corrected chi connectivity index (χ1v) is 9.75. The first-order valence-electron chi connectivity index (χ1n) is 6.01. The molecule has 2 aromatic carbocycles. The van der Waals surface area contributed by atoms with Crippen molar-refractivity contribution in [3.8, 4) is 0 Å². The van der Waals surface area contributed by atoms with Crippen LogP contribution in [0.5, 0.6) is 0 Å². The average molecular weight is 344 g/mol. The minimum Gasteiger partial charge on any atom is -0.244 e. The lowest BCUT2D eigenvalue weighted by Crippen LogP contribution is -2.04. The lowest BCUT2D eigenvalue weighted by atomic mass is 10.2. The van der Waals surface area contributed by atoms with E-state index in [1.165, 1.54) is 30.5 Å². The van der Waals surface area contributed by atoms with Crippen LogP contribution < -0.4 is 0 Å². The Labute approximate surface area is 130 Å². The maximum Gasteiger partial charge on any atom is 0.290 e. The van der Waals surface area contributed by atoms with Gasteiger partial charge in [-0.25, -0.2) is 4.21 Å². The number of hydrogen-bond donors (Lipinski definition) is 0. The Morgan fingerprint density at radius 2 is 1.33 bits per heavy atom. The summed E-state index contributed by atoms with van der Waals surface area (Å²) in [5, 5.41) is 0.482. The van der Waals surface area contributed by atoms with E-state index >= 15 is 0 Å². The predicted molar refractivity (Wildman–Crippen MR) is 84.6 cm³/mol. The Kier molecular flexibility index (Phi) is 4.41. The van der Waals surface area contributed by atoms with Crippen molar-refractivity contribution >= 4 is 31.4 Å². The SMILES string of the molecule is Cc1ccc(S(=O)(=O)N=S(C)(=O)c2ccc(Cl)cc2)cc1. The molecule has 0 aliphatic carbocycles. The fourth-order valence-electron chi connectivity index (χ4n) is 1.67. The predicted octanol–water partition coefficient (Wildman–Crippen LogP) is 3.49. The molecule has 0 bridgehead atoms. The number of hydrogen-bond acceptors (Lipinski definition) is 3. The van der Waals surface area contributed by atoms with E-state index < -0.39 is 19.8 Å². The van der Waals surface area contributed by atoms with Crippen LogP contribution in [0, 0.1) is 6.92 Å². The van der Waals surface area contributed by atoms with Gasteiger partial charge in [0.1, 0.15) is 0 Å². The molecule has 0 fully saturated rings. The molecule has 4 nitrogen and oxygen atoms in total. The number of nitrogens with zero attached hydrogens (tertiary/aromatic N) is 1. The molecule has 2 rings (SSSR count). The minimum atomic E-state index is -3.98. The fraction of sp³-hybridized carbons (Fsp3) is 0.143. The summed E-state index contributed by atoms with van der Waals surface area (Å²) >= 11 is 5.76. The van der Waals surface area contributed by atoms with E-state index in [1.54, 1.807) is 24.3 Å². The van der Waals surface area contributed by atoms with Gasteiger partial charge in [0.05, 0.1) is 14.6 Å². The largest absolute Gasteiger partial charge is 0.290 e. The van der Waals surface area contributed by atoms with Crippen LogP contribution in [0.25, 0.3) is 0 Å². The van der Waals surface area contributed by atoms with E-state index in [1.807, 2.05) is 6.92 Å². The molecule has 0 aliphatic heterocycles. The van der Waals surface area contributed by atoms with Gasteiger partial charge in [-0.3, -0.25) is 0 Å². The van der Waals surface area contributed by atoms with Crippen molar-refractivity contribution < 1.29 is 12.6 Å². The number of halogens is 1. The van der Waals surface area contributed by atoms with Crippen LogP contribution in [-0.4, -0.2) is 18.9 Å². The van der Waals surface area contributed by atoms with E-state index in [0.717, 1.165) is 5.56 Å². The van der Waals surface area contributed by atoms with Gasteiger partial charge in [-0.1, -0.05) is 29.3 Å².